The first-order valence-electron chi connectivity index (χ1n) is 7.95. The SMILES string of the molecule is Cc1cc(C(F)F)c2c(C)nn(CC(=O)Nc3ccc(C)c(Cl)c3)c2n1. The molecule has 3 rings (SSSR count). The summed E-state index contributed by atoms with van der Waals surface area (Å²) in [4.78, 5) is 16.6. The number of nitrogens with one attached hydrogen (secondary N) is 1. The maximum atomic E-state index is 13.3. The molecule has 0 radical (unpaired) electrons. The van der Waals surface area contributed by atoms with E-state index >= 15 is 0 Å². The van der Waals surface area contributed by atoms with E-state index in [-0.39, 0.29) is 29.0 Å². The van der Waals surface area contributed by atoms with Crippen molar-refractivity contribution in [2.45, 2.75) is 33.7 Å². The van der Waals surface area contributed by atoms with Crippen molar-refractivity contribution in [2.24, 2.45) is 0 Å². The van der Waals surface area contributed by atoms with Gasteiger partial charge in [0, 0.05) is 22.0 Å². The van der Waals surface area contributed by atoms with Gasteiger partial charge in [-0.1, -0.05) is 17.7 Å². The van der Waals surface area contributed by atoms with E-state index in [2.05, 4.69) is 15.4 Å². The number of hydrogen-bond acceptors (Lipinski definition) is 3. The number of amides is 1. The van der Waals surface area contributed by atoms with Crippen molar-refractivity contribution in [3.05, 3.63) is 51.8 Å². The molecule has 8 heteroatoms. The van der Waals surface area contributed by atoms with E-state index in [0.717, 1.165) is 5.56 Å². The van der Waals surface area contributed by atoms with Crippen LogP contribution in [0.15, 0.2) is 24.3 Å². The van der Waals surface area contributed by atoms with Gasteiger partial charge in [-0.3, -0.25) is 4.79 Å². The van der Waals surface area contributed by atoms with E-state index < -0.39 is 6.43 Å². The first-order valence-corrected chi connectivity index (χ1v) is 8.33. The molecule has 0 saturated heterocycles. The zero-order valence-electron chi connectivity index (χ0n) is 14.5. The van der Waals surface area contributed by atoms with Gasteiger partial charge in [-0.25, -0.2) is 18.4 Å². The van der Waals surface area contributed by atoms with Gasteiger partial charge in [0.2, 0.25) is 5.91 Å². The Morgan fingerprint density at radius 2 is 2.00 bits per heavy atom. The molecule has 0 saturated carbocycles. The lowest BCUT2D eigenvalue weighted by molar-refractivity contribution is -0.116. The highest BCUT2D eigenvalue weighted by atomic mass is 35.5. The van der Waals surface area contributed by atoms with Crippen LogP contribution in [0.4, 0.5) is 14.5 Å². The summed E-state index contributed by atoms with van der Waals surface area (Å²) in [6.45, 7) is 4.97. The van der Waals surface area contributed by atoms with Gasteiger partial charge in [0.25, 0.3) is 6.43 Å². The van der Waals surface area contributed by atoms with Crippen molar-refractivity contribution in [3.8, 4) is 0 Å². The maximum Gasteiger partial charge on any atom is 0.264 e. The van der Waals surface area contributed by atoms with Crippen LogP contribution in [0.25, 0.3) is 11.0 Å². The Balaban J connectivity index is 1.91. The zero-order valence-corrected chi connectivity index (χ0v) is 15.2. The zero-order chi connectivity index (χ0) is 19.0. The molecule has 1 N–H and O–H groups in total. The molecule has 0 aliphatic carbocycles. The third kappa shape index (κ3) is 3.53. The number of rotatable bonds is 4. The summed E-state index contributed by atoms with van der Waals surface area (Å²) in [7, 11) is 0. The van der Waals surface area contributed by atoms with Crippen molar-refractivity contribution in [3.63, 3.8) is 0 Å². The van der Waals surface area contributed by atoms with Gasteiger partial charge in [0.05, 0.1) is 11.1 Å². The fraction of sp³-hybridized carbons (Fsp3) is 0.278. The summed E-state index contributed by atoms with van der Waals surface area (Å²) in [6, 6.07) is 6.53. The molecule has 0 aliphatic heterocycles. The second-order valence-corrected chi connectivity index (χ2v) is 6.51. The Morgan fingerprint density at radius 1 is 1.27 bits per heavy atom. The standard InChI is InChI=1S/C18H17ClF2N4O/c1-9-4-5-12(7-14(9)19)23-15(26)8-25-18-16(11(3)24-25)13(17(20)21)6-10(2)22-18/h4-7,17H,8H2,1-3H3,(H,23,26). The predicted octanol–water partition coefficient (Wildman–Crippen LogP) is 4.59. The van der Waals surface area contributed by atoms with Gasteiger partial charge >= 0.3 is 0 Å². The van der Waals surface area contributed by atoms with E-state index in [1.165, 1.54) is 10.7 Å². The van der Waals surface area contributed by atoms with Gasteiger partial charge in [0.1, 0.15) is 6.54 Å². The monoisotopic (exact) mass is 378 g/mol. The lowest BCUT2D eigenvalue weighted by Crippen LogP contribution is -2.20. The number of halogens is 3. The van der Waals surface area contributed by atoms with Crippen LogP contribution in [-0.4, -0.2) is 20.7 Å². The third-order valence-electron chi connectivity index (χ3n) is 4.02. The third-order valence-corrected chi connectivity index (χ3v) is 4.43. The van der Waals surface area contributed by atoms with E-state index in [1.54, 1.807) is 32.0 Å². The molecule has 2 aromatic heterocycles. The van der Waals surface area contributed by atoms with E-state index in [0.29, 0.717) is 22.1 Å². The van der Waals surface area contributed by atoms with E-state index in [4.69, 9.17) is 11.6 Å². The Hall–Kier alpha value is -2.54. The highest BCUT2D eigenvalue weighted by Crippen LogP contribution is 2.30. The fourth-order valence-electron chi connectivity index (χ4n) is 2.81. The number of hydrogen-bond donors (Lipinski definition) is 1. The predicted molar refractivity (Wildman–Crippen MR) is 96.8 cm³/mol. The highest BCUT2D eigenvalue weighted by Gasteiger charge is 2.20. The summed E-state index contributed by atoms with van der Waals surface area (Å²) < 4.78 is 28.0. The number of pyridine rings is 1. The highest BCUT2D eigenvalue weighted by molar-refractivity contribution is 6.31. The van der Waals surface area contributed by atoms with Gasteiger partial charge in [-0.05, 0) is 44.5 Å². The lowest BCUT2D eigenvalue weighted by Gasteiger charge is -2.08. The topological polar surface area (TPSA) is 59.8 Å². The van der Waals surface area contributed by atoms with Crippen molar-refractivity contribution in [2.75, 3.05) is 5.32 Å². The van der Waals surface area contributed by atoms with Crippen LogP contribution in [0.1, 0.15) is 28.9 Å². The molecule has 0 fully saturated rings. The second kappa shape index (κ2) is 6.99. The van der Waals surface area contributed by atoms with Gasteiger partial charge in [-0.2, -0.15) is 5.10 Å². The Morgan fingerprint density at radius 3 is 2.65 bits per heavy atom. The summed E-state index contributed by atoms with van der Waals surface area (Å²) in [6.07, 6.45) is -2.64. The number of aromatic nitrogens is 3. The number of anilines is 1. The van der Waals surface area contributed by atoms with Crippen LogP contribution >= 0.6 is 11.6 Å². The number of fused-ring (bicyclic) bond motifs is 1. The molecule has 5 nitrogen and oxygen atoms in total. The van der Waals surface area contributed by atoms with Crippen LogP contribution in [0.2, 0.25) is 5.02 Å². The minimum atomic E-state index is -2.64. The van der Waals surface area contributed by atoms with Crippen LogP contribution in [0.3, 0.4) is 0 Å². The van der Waals surface area contributed by atoms with E-state index in [1.807, 2.05) is 6.92 Å². The molecule has 0 atom stereocenters. The summed E-state index contributed by atoms with van der Waals surface area (Å²) in [5.74, 6) is -0.351. The minimum Gasteiger partial charge on any atom is -0.324 e. The molecular weight excluding hydrogens is 362 g/mol. The van der Waals surface area contributed by atoms with Gasteiger partial charge in [-0.15, -0.1) is 0 Å². The fourth-order valence-corrected chi connectivity index (χ4v) is 2.99. The maximum absolute atomic E-state index is 13.3. The normalized spacial score (nSPS) is 11.3. The van der Waals surface area contributed by atoms with Gasteiger partial charge < -0.3 is 5.32 Å². The van der Waals surface area contributed by atoms with Crippen LogP contribution in [-0.2, 0) is 11.3 Å². The second-order valence-electron chi connectivity index (χ2n) is 6.11. The molecule has 1 amide bonds. The van der Waals surface area contributed by atoms with Crippen molar-refractivity contribution >= 4 is 34.2 Å². The smallest absolute Gasteiger partial charge is 0.264 e. The quantitative estimate of drug-likeness (QED) is 0.722. The molecule has 136 valence electrons. The van der Waals surface area contributed by atoms with Crippen molar-refractivity contribution in [1.29, 1.82) is 0 Å². The molecule has 3 aromatic rings. The molecule has 0 spiro atoms. The van der Waals surface area contributed by atoms with Crippen LogP contribution in [0.5, 0.6) is 0 Å². The number of nitrogens with zero attached hydrogens (tertiary/aromatic N) is 3. The van der Waals surface area contributed by atoms with Crippen molar-refractivity contribution in [1.82, 2.24) is 14.8 Å². The van der Waals surface area contributed by atoms with Crippen molar-refractivity contribution < 1.29 is 13.6 Å². The van der Waals surface area contributed by atoms with Crippen LogP contribution in [0, 0.1) is 20.8 Å². The lowest BCUT2D eigenvalue weighted by atomic mass is 10.1. The number of benzene rings is 1. The van der Waals surface area contributed by atoms with Gasteiger partial charge in [0.15, 0.2) is 5.65 Å². The molecule has 2 heterocycles. The first kappa shape index (κ1) is 18.3. The molecule has 0 bridgehead atoms. The molecule has 0 unspecified atom stereocenters. The largest absolute Gasteiger partial charge is 0.324 e. The summed E-state index contributed by atoms with van der Waals surface area (Å²) in [5, 5.41) is 7.78. The Bertz CT molecular complexity index is 1000. The number of carbonyl (C=O) groups is 1. The molecule has 1 aromatic carbocycles. The Labute approximate surface area is 154 Å². The number of carbonyl (C=O) groups excluding carboxylic acids is 1. The minimum absolute atomic E-state index is 0.123. The van der Waals surface area contributed by atoms with E-state index in [9.17, 15) is 13.6 Å². The molecule has 26 heavy (non-hydrogen) atoms. The average molecular weight is 379 g/mol. The summed E-state index contributed by atoms with van der Waals surface area (Å²) in [5.41, 5.74) is 2.46. The number of alkyl halides is 2. The molecule has 0 aliphatic rings. The number of aryl methyl sites for hydroxylation is 3. The first-order chi connectivity index (χ1) is 12.3. The summed E-state index contributed by atoms with van der Waals surface area (Å²) >= 11 is 6.05. The Kier molecular flexibility index (Phi) is 4.91. The average Bonchev–Trinajstić information content (AvgIpc) is 2.85. The molecular formula is C18H17ClF2N4O. The van der Waals surface area contributed by atoms with Crippen LogP contribution < -0.4 is 5.32 Å².